The number of nitrogens with one attached hydrogen (secondary N) is 1. The topological polar surface area (TPSA) is 92.7 Å². The van der Waals surface area contributed by atoms with Crippen molar-refractivity contribution in [1.82, 2.24) is 10.2 Å². The van der Waals surface area contributed by atoms with E-state index in [0.717, 1.165) is 49.0 Å². The molecule has 2 atom stereocenters. The minimum absolute atomic E-state index is 0. The van der Waals surface area contributed by atoms with Crippen LogP contribution in [0.3, 0.4) is 0 Å². The minimum Gasteiger partial charge on any atom is -0.504 e. The Morgan fingerprint density at radius 3 is 2.29 bits per heavy atom. The predicted molar refractivity (Wildman–Crippen MR) is 178 cm³/mol. The van der Waals surface area contributed by atoms with Gasteiger partial charge >= 0.3 is 0 Å². The number of hydrogen-bond donors (Lipinski definition) is 3. The van der Waals surface area contributed by atoms with Gasteiger partial charge < -0.3 is 34.5 Å². The summed E-state index contributed by atoms with van der Waals surface area (Å²) in [6.45, 7) is 1.68. The summed E-state index contributed by atoms with van der Waals surface area (Å²) in [4.78, 5) is 2.37. The fourth-order valence-corrected chi connectivity index (χ4v) is 6.69. The van der Waals surface area contributed by atoms with Crippen LogP contribution in [0.25, 0.3) is 0 Å². The molecular formula is C35H38Cl2N2O6. The van der Waals surface area contributed by atoms with E-state index in [4.69, 9.17) is 18.9 Å². The van der Waals surface area contributed by atoms with Crippen molar-refractivity contribution in [3.8, 4) is 46.0 Å². The quantitative estimate of drug-likeness (QED) is 0.212. The molecule has 3 N–H and O–H groups in total. The van der Waals surface area contributed by atoms with Crippen molar-refractivity contribution >= 4 is 24.8 Å². The van der Waals surface area contributed by atoms with E-state index in [0.29, 0.717) is 40.9 Å². The molecule has 0 radical (unpaired) electrons. The Labute approximate surface area is 275 Å². The number of fused-ring (bicyclic) bond motifs is 2. The molecule has 0 saturated carbocycles. The molecule has 6 bridgehead atoms. The zero-order valence-corrected chi connectivity index (χ0v) is 27.1. The molecular weight excluding hydrogens is 615 g/mol. The van der Waals surface area contributed by atoms with E-state index in [2.05, 4.69) is 41.5 Å². The average Bonchev–Trinajstić information content (AvgIpc) is 3.01. The van der Waals surface area contributed by atoms with E-state index < -0.39 is 0 Å². The van der Waals surface area contributed by atoms with Crippen molar-refractivity contribution in [2.75, 3.05) is 34.4 Å². The van der Waals surface area contributed by atoms with Crippen LogP contribution in [0.2, 0.25) is 0 Å². The largest absolute Gasteiger partial charge is 0.504 e. The van der Waals surface area contributed by atoms with Gasteiger partial charge in [-0.25, -0.2) is 0 Å². The molecule has 0 aliphatic carbocycles. The van der Waals surface area contributed by atoms with Gasteiger partial charge in [0, 0.05) is 24.2 Å². The summed E-state index contributed by atoms with van der Waals surface area (Å²) in [6.07, 6.45) is 3.03. The Hall–Kier alpha value is -3.82. The lowest BCUT2D eigenvalue weighted by molar-refractivity contribution is 0.228. The average molecular weight is 654 g/mol. The Morgan fingerprint density at radius 2 is 1.53 bits per heavy atom. The Balaban J connectivity index is 0.00000200. The van der Waals surface area contributed by atoms with Crippen LogP contribution < -0.4 is 24.3 Å². The number of ether oxygens (including phenoxy) is 4. The van der Waals surface area contributed by atoms with Crippen LogP contribution >= 0.6 is 24.8 Å². The number of phenolic OH excluding ortho intramolecular Hbond substituents is 2. The first-order valence-corrected chi connectivity index (χ1v) is 14.8. The van der Waals surface area contributed by atoms with Crippen LogP contribution in [-0.2, 0) is 25.7 Å². The third-order valence-corrected chi connectivity index (χ3v) is 9.00. The first-order chi connectivity index (χ1) is 20.9. The second kappa shape index (κ2) is 13.3. The molecule has 0 aromatic heterocycles. The highest BCUT2D eigenvalue weighted by Crippen LogP contribution is 2.50. The molecule has 8 nitrogen and oxygen atoms in total. The summed E-state index contributed by atoms with van der Waals surface area (Å²) in [5, 5.41) is 25.8. The molecule has 4 heterocycles. The highest BCUT2D eigenvalue weighted by Gasteiger charge is 2.32. The summed E-state index contributed by atoms with van der Waals surface area (Å²) in [5.74, 6) is 2.99. The Kier molecular flexibility index (Phi) is 9.60. The fourth-order valence-electron chi connectivity index (χ4n) is 6.69. The fraction of sp³-hybridized carbons (Fsp3) is 0.314. The lowest BCUT2D eigenvalue weighted by atomic mass is 9.88. The number of hydrogen-bond acceptors (Lipinski definition) is 8. The number of rotatable bonds is 2. The van der Waals surface area contributed by atoms with Crippen LogP contribution in [-0.4, -0.2) is 49.5 Å². The van der Waals surface area contributed by atoms with Gasteiger partial charge in [0.2, 0.25) is 5.75 Å². The van der Waals surface area contributed by atoms with Crippen LogP contribution in [0.4, 0.5) is 0 Å². The van der Waals surface area contributed by atoms with Crippen molar-refractivity contribution in [3.63, 3.8) is 0 Å². The van der Waals surface area contributed by atoms with E-state index in [1.165, 1.54) is 16.7 Å². The van der Waals surface area contributed by atoms with E-state index in [9.17, 15) is 10.2 Å². The van der Waals surface area contributed by atoms with Crippen LogP contribution in [0.15, 0.2) is 60.7 Å². The van der Waals surface area contributed by atoms with E-state index >= 15 is 0 Å². The lowest BCUT2D eigenvalue weighted by Gasteiger charge is -2.35. The summed E-state index contributed by atoms with van der Waals surface area (Å²) >= 11 is 0. The highest BCUT2D eigenvalue weighted by molar-refractivity contribution is 5.85. The van der Waals surface area contributed by atoms with Gasteiger partial charge in [-0.3, -0.25) is 4.90 Å². The third-order valence-electron chi connectivity index (χ3n) is 9.00. The van der Waals surface area contributed by atoms with Crippen LogP contribution in [0.1, 0.15) is 45.5 Å². The highest BCUT2D eigenvalue weighted by atomic mass is 35.5. The molecule has 0 amide bonds. The Bertz CT molecular complexity index is 1700. The van der Waals surface area contributed by atoms with E-state index in [-0.39, 0.29) is 48.4 Å². The maximum atomic E-state index is 11.5. The zero-order valence-electron chi connectivity index (χ0n) is 25.5. The Morgan fingerprint density at radius 1 is 0.800 bits per heavy atom. The van der Waals surface area contributed by atoms with E-state index in [1.54, 1.807) is 20.3 Å². The van der Waals surface area contributed by atoms with Crippen LogP contribution in [0.5, 0.6) is 46.0 Å². The number of methoxy groups -OCH3 is 2. The van der Waals surface area contributed by atoms with Crippen molar-refractivity contribution in [3.05, 3.63) is 94.0 Å². The molecule has 4 aliphatic rings. The molecule has 4 aromatic rings. The number of likely N-dealkylation sites (N-methyl/N-ethyl adjacent to an activating group) is 1. The van der Waals surface area contributed by atoms with E-state index in [1.807, 2.05) is 30.3 Å². The molecule has 238 valence electrons. The second-order valence-electron chi connectivity index (χ2n) is 11.6. The maximum Gasteiger partial charge on any atom is 0.201 e. The number of aromatic hydroxyl groups is 2. The van der Waals surface area contributed by atoms with Gasteiger partial charge in [0.1, 0.15) is 5.75 Å². The number of phenols is 2. The minimum atomic E-state index is -0.173. The van der Waals surface area contributed by atoms with Crippen LogP contribution in [0, 0.1) is 0 Å². The van der Waals surface area contributed by atoms with Gasteiger partial charge in [-0.1, -0.05) is 18.2 Å². The molecule has 0 spiro atoms. The maximum absolute atomic E-state index is 11.5. The molecule has 0 saturated heterocycles. The second-order valence-corrected chi connectivity index (χ2v) is 11.6. The smallest absolute Gasteiger partial charge is 0.201 e. The van der Waals surface area contributed by atoms with Gasteiger partial charge in [0.25, 0.3) is 0 Å². The van der Waals surface area contributed by atoms with Crippen molar-refractivity contribution in [2.24, 2.45) is 0 Å². The van der Waals surface area contributed by atoms with Gasteiger partial charge in [0.05, 0.1) is 14.2 Å². The van der Waals surface area contributed by atoms with Gasteiger partial charge in [0.15, 0.2) is 34.5 Å². The van der Waals surface area contributed by atoms with Gasteiger partial charge in [-0.05, 0) is 110 Å². The monoisotopic (exact) mass is 652 g/mol. The van der Waals surface area contributed by atoms with Gasteiger partial charge in [-0.15, -0.1) is 24.8 Å². The SMILES string of the molecule is COc1cc2c3cc1Oc1c(O)c(OC)cc4c1[C@@H](Cc1ccc(O)c(c1)Oc1ccc(cc1)C[C@@H]3N(C)CC2)NCC4.Cl.Cl. The molecule has 0 fully saturated rings. The first kappa shape index (κ1) is 32.6. The number of halogens is 2. The predicted octanol–water partition coefficient (Wildman–Crippen LogP) is 7.06. The molecule has 4 aliphatic heterocycles. The van der Waals surface area contributed by atoms with Crippen molar-refractivity contribution in [2.45, 2.75) is 37.8 Å². The molecule has 4 aromatic carbocycles. The number of benzene rings is 4. The summed E-state index contributed by atoms with van der Waals surface area (Å²) in [6, 6.07) is 19.5. The molecule has 10 heteroatoms. The lowest BCUT2D eigenvalue weighted by Crippen LogP contribution is -2.33. The zero-order chi connectivity index (χ0) is 29.7. The van der Waals surface area contributed by atoms with Crippen molar-refractivity contribution in [1.29, 1.82) is 0 Å². The normalized spacial score (nSPS) is 18.5. The molecule has 0 unspecified atom stereocenters. The summed E-state index contributed by atoms with van der Waals surface area (Å²) < 4.78 is 24.3. The standard InChI is InChI=1S/C35H36N2O6.2ClH/c1-37-13-11-22-17-30(40-2)31-19-25(22)27(37)15-20-4-7-24(8-5-20)42-29-16-21(6-9-28(29)38)14-26-33-23(10-12-36-26)18-32(41-3)34(39)35(33)43-31;;/h4-9,16-19,26-27,36,38-39H,10-15H2,1-3H3;2*1H/t26-,27+;;/m1../s1. The van der Waals surface area contributed by atoms with Gasteiger partial charge in [-0.2, -0.15) is 0 Å². The summed E-state index contributed by atoms with van der Waals surface area (Å²) in [7, 11) is 5.35. The third kappa shape index (κ3) is 6.08. The van der Waals surface area contributed by atoms with Crippen molar-refractivity contribution < 1.29 is 29.2 Å². The molecule has 8 rings (SSSR count). The summed E-state index contributed by atoms with van der Waals surface area (Å²) in [5.41, 5.74) is 6.47. The molecule has 45 heavy (non-hydrogen) atoms. The first-order valence-electron chi connectivity index (χ1n) is 14.8. The number of nitrogens with zero attached hydrogens (tertiary/aromatic N) is 1.